The van der Waals surface area contributed by atoms with Gasteiger partial charge in [-0.2, -0.15) is 0 Å². The van der Waals surface area contributed by atoms with Crippen molar-refractivity contribution in [1.29, 1.82) is 0 Å². The van der Waals surface area contributed by atoms with E-state index in [1.165, 1.54) is 5.56 Å². The van der Waals surface area contributed by atoms with Crippen LogP contribution < -0.4 is 0 Å². The average molecular weight is 246 g/mol. The van der Waals surface area contributed by atoms with Gasteiger partial charge in [-0.15, -0.1) is 0 Å². The van der Waals surface area contributed by atoms with Gasteiger partial charge in [0, 0.05) is 17.1 Å². The van der Waals surface area contributed by atoms with Gasteiger partial charge in [-0.3, -0.25) is 0 Å². The third kappa shape index (κ3) is 3.09. The Hall–Kier alpha value is -1.31. The first-order chi connectivity index (χ1) is 8.16. The largest absolute Gasteiger partial charge is 0.305 e. The van der Waals surface area contributed by atoms with E-state index in [1.807, 2.05) is 24.3 Å². The Morgan fingerprint density at radius 3 is 2.29 bits per heavy atom. The molecule has 2 heteroatoms. The van der Waals surface area contributed by atoms with Crippen LogP contribution in [-0.2, 0) is 6.54 Å². The maximum Gasteiger partial charge on any atom is 0.0487 e. The van der Waals surface area contributed by atoms with Crippen molar-refractivity contribution in [3.8, 4) is 11.1 Å². The number of hydrogen-bond acceptors (Lipinski definition) is 1. The standard InChI is InChI=1S/C15H16ClN/c1-17(2)11-12-8-9-14(15(16)10-12)13-6-4-3-5-7-13/h3-10H,11H2,1-2H3. The molecule has 0 fully saturated rings. The second-order valence-corrected chi connectivity index (χ2v) is 4.83. The summed E-state index contributed by atoms with van der Waals surface area (Å²) in [6, 6.07) is 16.5. The lowest BCUT2D eigenvalue weighted by atomic mass is 10.0. The van der Waals surface area contributed by atoms with E-state index in [9.17, 15) is 0 Å². The first-order valence-electron chi connectivity index (χ1n) is 5.65. The Balaban J connectivity index is 2.32. The number of hydrogen-bond donors (Lipinski definition) is 0. The molecule has 17 heavy (non-hydrogen) atoms. The fourth-order valence-electron chi connectivity index (χ4n) is 1.87. The second kappa shape index (κ2) is 5.35. The molecule has 1 nitrogen and oxygen atoms in total. The first-order valence-corrected chi connectivity index (χ1v) is 6.03. The molecule has 0 spiro atoms. The predicted octanol–water partition coefficient (Wildman–Crippen LogP) is 4.07. The summed E-state index contributed by atoms with van der Waals surface area (Å²) < 4.78 is 0. The molecule has 2 aromatic carbocycles. The van der Waals surface area contributed by atoms with Gasteiger partial charge in [0.2, 0.25) is 0 Å². The summed E-state index contributed by atoms with van der Waals surface area (Å²) in [5.41, 5.74) is 3.49. The van der Waals surface area contributed by atoms with Crippen LogP contribution in [0.1, 0.15) is 5.56 Å². The third-order valence-electron chi connectivity index (χ3n) is 2.62. The Kier molecular flexibility index (Phi) is 3.82. The lowest BCUT2D eigenvalue weighted by Crippen LogP contribution is -2.10. The van der Waals surface area contributed by atoms with Gasteiger partial charge in [-0.25, -0.2) is 0 Å². The van der Waals surface area contributed by atoms with Gasteiger partial charge in [0.1, 0.15) is 0 Å². The molecule has 0 amide bonds. The van der Waals surface area contributed by atoms with Gasteiger partial charge in [-0.1, -0.05) is 54.1 Å². The second-order valence-electron chi connectivity index (χ2n) is 4.42. The highest BCUT2D eigenvalue weighted by atomic mass is 35.5. The van der Waals surface area contributed by atoms with Crippen molar-refractivity contribution in [2.24, 2.45) is 0 Å². The molecule has 0 aliphatic carbocycles. The first kappa shape index (κ1) is 12.2. The number of halogens is 1. The normalized spacial score (nSPS) is 10.8. The zero-order valence-electron chi connectivity index (χ0n) is 10.2. The van der Waals surface area contributed by atoms with Gasteiger partial charge in [0.25, 0.3) is 0 Å². The van der Waals surface area contributed by atoms with Crippen LogP contribution in [0, 0.1) is 0 Å². The minimum atomic E-state index is 0.815. The molecule has 0 aliphatic heterocycles. The van der Waals surface area contributed by atoms with E-state index in [0.717, 1.165) is 22.7 Å². The fraction of sp³-hybridized carbons (Fsp3) is 0.200. The summed E-state index contributed by atoms with van der Waals surface area (Å²) in [6.45, 7) is 0.911. The van der Waals surface area contributed by atoms with Crippen LogP contribution in [0.2, 0.25) is 5.02 Å². The van der Waals surface area contributed by atoms with Crippen LogP contribution >= 0.6 is 11.6 Å². The van der Waals surface area contributed by atoms with Crippen LogP contribution in [0.3, 0.4) is 0 Å². The summed E-state index contributed by atoms with van der Waals surface area (Å²) in [6.07, 6.45) is 0. The van der Waals surface area contributed by atoms with E-state index >= 15 is 0 Å². The Morgan fingerprint density at radius 1 is 1.00 bits per heavy atom. The highest BCUT2D eigenvalue weighted by Gasteiger charge is 2.04. The molecule has 0 saturated carbocycles. The van der Waals surface area contributed by atoms with Crippen LogP contribution in [-0.4, -0.2) is 19.0 Å². The van der Waals surface area contributed by atoms with Crippen molar-refractivity contribution < 1.29 is 0 Å². The highest BCUT2D eigenvalue weighted by Crippen LogP contribution is 2.28. The Labute approximate surface area is 108 Å². The topological polar surface area (TPSA) is 3.24 Å². The summed E-state index contributed by atoms with van der Waals surface area (Å²) in [4.78, 5) is 2.13. The molecular weight excluding hydrogens is 230 g/mol. The van der Waals surface area contributed by atoms with E-state index in [0.29, 0.717) is 0 Å². The van der Waals surface area contributed by atoms with Gasteiger partial charge >= 0.3 is 0 Å². The van der Waals surface area contributed by atoms with Gasteiger partial charge in [-0.05, 0) is 31.3 Å². The van der Waals surface area contributed by atoms with Gasteiger partial charge in [0.15, 0.2) is 0 Å². The molecule has 0 N–H and O–H groups in total. The predicted molar refractivity (Wildman–Crippen MR) is 74.3 cm³/mol. The zero-order valence-corrected chi connectivity index (χ0v) is 10.9. The van der Waals surface area contributed by atoms with Crippen LogP contribution in [0.4, 0.5) is 0 Å². The maximum absolute atomic E-state index is 6.33. The van der Waals surface area contributed by atoms with Crippen molar-refractivity contribution in [2.45, 2.75) is 6.54 Å². The minimum Gasteiger partial charge on any atom is -0.305 e. The van der Waals surface area contributed by atoms with E-state index in [2.05, 4.69) is 43.3 Å². The van der Waals surface area contributed by atoms with E-state index < -0.39 is 0 Å². The van der Waals surface area contributed by atoms with Crippen LogP contribution in [0.5, 0.6) is 0 Å². The summed E-state index contributed by atoms with van der Waals surface area (Å²) in [7, 11) is 4.11. The molecule has 0 aliphatic rings. The smallest absolute Gasteiger partial charge is 0.0487 e. The summed E-state index contributed by atoms with van der Waals surface area (Å²) >= 11 is 6.33. The quantitative estimate of drug-likeness (QED) is 0.788. The van der Waals surface area contributed by atoms with Crippen molar-refractivity contribution >= 4 is 11.6 Å². The molecule has 0 saturated heterocycles. The Morgan fingerprint density at radius 2 is 1.71 bits per heavy atom. The lowest BCUT2D eigenvalue weighted by Gasteiger charge is -2.11. The van der Waals surface area contributed by atoms with E-state index in [1.54, 1.807) is 0 Å². The summed E-state index contributed by atoms with van der Waals surface area (Å²) in [5.74, 6) is 0. The zero-order chi connectivity index (χ0) is 12.3. The number of rotatable bonds is 3. The fourth-order valence-corrected chi connectivity index (χ4v) is 2.19. The van der Waals surface area contributed by atoms with Gasteiger partial charge < -0.3 is 4.90 Å². The molecule has 0 heterocycles. The molecule has 2 aromatic rings. The monoisotopic (exact) mass is 245 g/mol. The molecule has 88 valence electrons. The highest BCUT2D eigenvalue weighted by molar-refractivity contribution is 6.33. The average Bonchev–Trinajstić information content (AvgIpc) is 2.29. The number of nitrogens with zero attached hydrogens (tertiary/aromatic N) is 1. The van der Waals surface area contributed by atoms with Crippen molar-refractivity contribution in [3.63, 3.8) is 0 Å². The SMILES string of the molecule is CN(C)Cc1ccc(-c2ccccc2)c(Cl)c1. The maximum atomic E-state index is 6.33. The van der Waals surface area contributed by atoms with Crippen molar-refractivity contribution in [1.82, 2.24) is 4.90 Å². The number of benzene rings is 2. The molecule has 0 radical (unpaired) electrons. The minimum absolute atomic E-state index is 0.815. The molecule has 2 rings (SSSR count). The van der Waals surface area contributed by atoms with Crippen LogP contribution in [0.25, 0.3) is 11.1 Å². The summed E-state index contributed by atoms with van der Waals surface area (Å²) in [5, 5.41) is 0.815. The molecule has 0 bridgehead atoms. The van der Waals surface area contributed by atoms with E-state index in [-0.39, 0.29) is 0 Å². The van der Waals surface area contributed by atoms with Gasteiger partial charge in [0.05, 0.1) is 0 Å². The third-order valence-corrected chi connectivity index (χ3v) is 2.93. The molecule has 0 atom stereocenters. The van der Waals surface area contributed by atoms with Crippen molar-refractivity contribution in [3.05, 3.63) is 59.1 Å². The molecular formula is C15H16ClN. The Bertz CT molecular complexity index is 492. The lowest BCUT2D eigenvalue weighted by molar-refractivity contribution is 0.402. The van der Waals surface area contributed by atoms with Crippen LogP contribution in [0.15, 0.2) is 48.5 Å². The molecule has 0 unspecified atom stereocenters. The molecule has 0 aromatic heterocycles. The van der Waals surface area contributed by atoms with E-state index in [4.69, 9.17) is 11.6 Å². The van der Waals surface area contributed by atoms with Crippen molar-refractivity contribution in [2.75, 3.05) is 14.1 Å².